The topological polar surface area (TPSA) is 84.9 Å². The second kappa shape index (κ2) is 8.57. The molecule has 132 valence electrons. The van der Waals surface area contributed by atoms with Gasteiger partial charge in [0.05, 0.1) is 26.1 Å². The van der Waals surface area contributed by atoms with Crippen LogP contribution < -0.4 is 14.8 Å². The Morgan fingerprint density at radius 3 is 2.42 bits per heavy atom. The molecule has 2 atom stereocenters. The monoisotopic (exact) mass is 335 g/mol. The van der Waals surface area contributed by atoms with E-state index in [1.165, 1.54) is 0 Å². The fourth-order valence-electron chi connectivity index (χ4n) is 3.24. The second-order valence-electron chi connectivity index (χ2n) is 6.07. The Bertz CT molecular complexity index is 587. The Hall–Kier alpha value is -2.24. The van der Waals surface area contributed by atoms with Crippen LogP contribution in [0.5, 0.6) is 11.5 Å². The quantitative estimate of drug-likeness (QED) is 0.798. The van der Waals surface area contributed by atoms with Crippen LogP contribution in [0.3, 0.4) is 0 Å². The van der Waals surface area contributed by atoms with Crippen LogP contribution in [-0.4, -0.2) is 37.7 Å². The van der Waals surface area contributed by atoms with Crippen molar-refractivity contribution in [1.29, 1.82) is 0 Å². The van der Waals surface area contributed by atoms with E-state index in [0.29, 0.717) is 37.3 Å². The average molecular weight is 335 g/mol. The van der Waals surface area contributed by atoms with E-state index in [4.69, 9.17) is 9.47 Å². The first kappa shape index (κ1) is 18.1. The van der Waals surface area contributed by atoms with Gasteiger partial charge in [0, 0.05) is 6.54 Å². The molecule has 24 heavy (non-hydrogen) atoms. The van der Waals surface area contributed by atoms with Gasteiger partial charge >= 0.3 is 5.97 Å². The molecule has 1 amide bonds. The van der Waals surface area contributed by atoms with E-state index >= 15 is 0 Å². The molecule has 0 saturated heterocycles. The van der Waals surface area contributed by atoms with E-state index in [1.807, 2.05) is 18.2 Å². The van der Waals surface area contributed by atoms with Gasteiger partial charge in [-0.1, -0.05) is 18.9 Å². The molecule has 0 aliphatic heterocycles. The van der Waals surface area contributed by atoms with Gasteiger partial charge in [-0.2, -0.15) is 0 Å². The Morgan fingerprint density at radius 2 is 1.79 bits per heavy atom. The highest BCUT2D eigenvalue weighted by Crippen LogP contribution is 2.30. The molecular weight excluding hydrogens is 310 g/mol. The molecule has 2 N–H and O–H groups in total. The molecule has 1 aliphatic carbocycles. The van der Waals surface area contributed by atoms with E-state index in [1.54, 1.807) is 14.2 Å². The van der Waals surface area contributed by atoms with Crippen molar-refractivity contribution in [2.24, 2.45) is 11.8 Å². The van der Waals surface area contributed by atoms with E-state index in [0.717, 1.165) is 18.4 Å². The summed E-state index contributed by atoms with van der Waals surface area (Å²) in [5.41, 5.74) is 1.02. The highest BCUT2D eigenvalue weighted by Gasteiger charge is 2.35. The maximum absolute atomic E-state index is 12.3. The third kappa shape index (κ3) is 4.40. The molecule has 1 aromatic carbocycles. The third-order valence-electron chi connectivity index (χ3n) is 4.58. The number of carbonyl (C=O) groups excluding carboxylic acids is 1. The number of aliphatic carboxylic acids is 1. The molecule has 0 aromatic heterocycles. The lowest BCUT2D eigenvalue weighted by Crippen LogP contribution is -2.40. The number of carboxylic acid groups (broad SMARTS) is 1. The molecule has 1 saturated carbocycles. The maximum Gasteiger partial charge on any atom is 0.307 e. The van der Waals surface area contributed by atoms with Crippen LogP contribution in [0.15, 0.2) is 18.2 Å². The molecule has 0 unspecified atom stereocenters. The van der Waals surface area contributed by atoms with E-state index < -0.39 is 17.8 Å². The van der Waals surface area contributed by atoms with Crippen LogP contribution in [0, 0.1) is 11.8 Å². The number of carbonyl (C=O) groups is 2. The number of benzene rings is 1. The van der Waals surface area contributed by atoms with Gasteiger partial charge in [-0.15, -0.1) is 0 Å². The van der Waals surface area contributed by atoms with Gasteiger partial charge in [0.25, 0.3) is 0 Å². The summed E-state index contributed by atoms with van der Waals surface area (Å²) in [6, 6.07) is 5.64. The van der Waals surface area contributed by atoms with Crippen LogP contribution in [0.4, 0.5) is 0 Å². The molecule has 0 heterocycles. The number of carboxylic acids is 1. The van der Waals surface area contributed by atoms with Crippen LogP contribution in [0.2, 0.25) is 0 Å². The Labute approximate surface area is 142 Å². The van der Waals surface area contributed by atoms with Gasteiger partial charge in [-0.05, 0) is 37.0 Å². The number of amides is 1. The summed E-state index contributed by atoms with van der Waals surface area (Å²) in [5.74, 6) is -0.671. The molecule has 6 heteroatoms. The Balaban J connectivity index is 1.89. The fraction of sp³-hybridized carbons (Fsp3) is 0.556. The number of methoxy groups -OCH3 is 2. The summed E-state index contributed by atoms with van der Waals surface area (Å²) in [6.07, 6.45) is 3.68. The lowest BCUT2D eigenvalue weighted by molar-refractivity contribution is -0.148. The molecule has 0 radical (unpaired) electrons. The predicted octanol–water partition coefficient (Wildman–Crippen LogP) is 2.25. The summed E-state index contributed by atoms with van der Waals surface area (Å²) < 4.78 is 10.5. The molecule has 0 bridgehead atoms. The fourth-order valence-corrected chi connectivity index (χ4v) is 3.24. The van der Waals surface area contributed by atoms with Crippen LogP contribution in [-0.2, 0) is 16.0 Å². The molecular formula is C18H25NO5. The molecule has 1 fully saturated rings. The lowest BCUT2D eigenvalue weighted by Gasteiger charge is -2.27. The summed E-state index contributed by atoms with van der Waals surface area (Å²) in [5, 5.41) is 12.1. The van der Waals surface area contributed by atoms with Crippen molar-refractivity contribution in [2.45, 2.75) is 32.1 Å². The number of hydrogen-bond donors (Lipinski definition) is 2. The molecule has 1 aromatic rings. The smallest absolute Gasteiger partial charge is 0.307 e. The minimum Gasteiger partial charge on any atom is -0.493 e. The zero-order valence-electron chi connectivity index (χ0n) is 14.2. The number of ether oxygens (including phenoxy) is 2. The van der Waals surface area contributed by atoms with E-state index in [9.17, 15) is 14.7 Å². The van der Waals surface area contributed by atoms with Crippen molar-refractivity contribution in [1.82, 2.24) is 5.32 Å². The summed E-state index contributed by atoms with van der Waals surface area (Å²) in [4.78, 5) is 23.6. The molecule has 2 rings (SSSR count). The molecule has 6 nitrogen and oxygen atoms in total. The standard InChI is InChI=1S/C18H25NO5/c1-23-15-8-7-12(11-16(15)24-2)9-10-19-17(20)13-5-3-4-6-14(13)18(21)22/h7-8,11,13-14H,3-6,9-10H2,1-2H3,(H,19,20)(H,21,22)/t13-,14-/m0/s1. The summed E-state index contributed by atoms with van der Waals surface area (Å²) in [7, 11) is 3.17. The largest absolute Gasteiger partial charge is 0.493 e. The van der Waals surface area contributed by atoms with Crippen molar-refractivity contribution in [3.8, 4) is 11.5 Å². The second-order valence-corrected chi connectivity index (χ2v) is 6.07. The summed E-state index contributed by atoms with van der Waals surface area (Å²) in [6.45, 7) is 0.469. The van der Waals surface area contributed by atoms with Crippen LogP contribution in [0.25, 0.3) is 0 Å². The first-order valence-electron chi connectivity index (χ1n) is 8.28. The third-order valence-corrected chi connectivity index (χ3v) is 4.58. The first-order chi connectivity index (χ1) is 11.6. The minimum atomic E-state index is -0.866. The van der Waals surface area contributed by atoms with Crippen molar-refractivity contribution in [3.05, 3.63) is 23.8 Å². The SMILES string of the molecule is COc1ccc(CCNC(=O)[C@H]2CCCC[C@@H]2C(=O)O)cc1OC. The molecule has 1 aliphatic rings. The predicted molar refractivity (Wildman–Crippen MR) is 89.3 cm³/mol. The van der Waals surface area contributed by atoms with Gasteiger partial charge in [0.2, 0.25) is 5.91 Å². The minimum absolute atomic E-state index is 0.150. The van der Waals surface area contributed by atoms with Crippen LogP contribution in [0.1, 0.15) is 31.2 Å². The summed E-state index contributed by atoms with van der Waals surface area (Å²) >= 11 is 0. The zero-order valence-corrected chi connectivity index (χ0v) is 14.2. The Kier molecular flexibility index (Phi) is 6.46. The van der Waals surface area contributed by atoms with E-state index in [-0.39, 0.29) is 5.91 Å². The number of hydrogen-bond acceptors (Lipinski definition) is 4. The zero-order chi connectivity index (χ0) is 17.5. The van der Waals surface area contributed by atoms with Crippen molar-refractivity contribution >= 4 is 11.9 Å². The van der Waals surface area contributed by atoms with Crippen molar-refractivity contribution < 1.29 is 24.2 Å². The first-order valence-corrected chi connectivity index (χ1v) is 8.28. The normalized spacial score (nSPS) is 20.2. The van der Waals surface area contributed by atoms with Gasteiger partial charge in [0.15, 0.2) is 11.5 Å². The van der Waals surface area contributed by atoms with Gasteiger partial charge in [0.1, 0.15) is 0 Å². The average Bonchev–Trinajstić information content (AvgIpc) is 2.61. The van der Waals surface area contributed by atoms with Gasteiger partial charge in [-0.3, -0.25) is 9.59 Å². The lowest BCUT2D eigenvalue weighted by atomic mass is 9.78. The van der Waals surface area contributed by atoms with E-state index in [2.05, 4.69) is 5.32 Å². The number of nitrogens with one attached hydrogen (secondary N) is 1. The highest BCUT2D eigenvalue weighted by atomic mass is 16.5. The maximum atomic E-state index is 12.3. The number of rotatable bonds is 7. The van der Waals surface area contributed by atoms with Gasteiger partial charge in [-0.25, -0.2) is 0 Å². The van der Waals surface area contributed by atoms with Crippen molar-refractivity contribution in [2.75, 3.05) is 20.8 Å². The van der Waals surface area contributed by atoms with Gasteiger partial charge < -0.3 is 19.9 Å². The Morgan fingerprint density at radius 1 is 1.12 bits per heavy atom. The van der Waals surface area contributed by atoms with Crippen LogP contribution >= 0.6 is 0 Å². The van der Waals surface area contributed by atoms with Crippen molar-refractivity contribution in [3.63, 3.8) is 0 Å². The molecule has 0 spiro atoms. The highest BCUT2D eigenvalue weighted by molar-refractivity contribution is 5.84.